The van der Waals surface area contributed by atoms with E-state index in [1.807, 2.05) is 22.6 Å². The molecule has 0 aromatic heterocycles. The van der Waals surface area contributed by atoms with Gasteiger partial charge in [-0.1, -0.05) is 6.07 Å². The van der Waals surface area contributed by atoms with Gasteiger partial charge in [0, 0.05) is 20.9 Å². The van der Waals surface area contributed by atoms with Crippen molar-refractivity contribution >= 4 is 39.9 Å². The van der Waals surface area contributed by atoms with E-state index in [9.17, 15) is 20.0 Å². The average molecular weight is 398 g/mol. The summed E-state index contributed by atoms with van der Waals surface area (Å²) in [6, 6.07) is 9.05. The van der Waals surface area contributed by atoms with Gasteiger partial charge in [0.1, 0.15) is 5.75 Å². The Morgan fingerprint density at radius 3 is 2.67 bits per heavy atom. The number of phenols is 1. The number of carbonyl (C=O) groups excluding carboxylic acids is 1. The van der Waals surface area contributed by atoms with E-state index in [-0.39, 0.29) is 17.0 Å². The number of anilines is 1. The normalized spacial score (nSPS) is 10.2. The first-order valence-electron chi connectivity index (χ1n) is 5.93. The lowest BCUT2D eigenvalue weighted by Crippen LogP contribution is -2.12. The lowest BCUT2D eigenvalue weighted by molar-refractivity contribution is -0.385. The van der Waals surface area contributed by atoms with Crippen molar-refractivity contribution in [2.75, 3.05) is 5.32 Å². The first-order valence-corrected chi connectivity index (χ1v) is 7.01. The zero-order valence-electron chi connectivity index (χ0n) is 11.0. The van der Waals surface area contributed by atoms with E-state index in [0.717, 1.165) is 3.57 Å². The van der Waals surface area contributed by atoms with Gasteiger partial charge in [0.2, 0.25) is 0 Å². The van der Waals surface area contributed by atoms with Crippen LogP contribution in [0, 0.1) is 20.6 Å². The molecule has 2 aromatic rings. The summed E-state index contributed by atoms with van der Waals surface area (Å²) in [7, 11) is 0. The monoisotopic (exact) mass is 398 g/mol. The molecule has 0 aliphatic rings. The SMILES string of the molecule is Cc1ccc(NC(=O)c2cc(I)ccc2O)cc1[N+](=O)[O-]. The molecule has 2 N–H and O–H groups in total. The van der Waals surface area contributed by atoms with E-state index < -0.39 is 10.8 Å². The number of carbonyl (C=O) groups is 1. The molecule has 108 valence electrons. The summed E-state index contributed by atoms with van der Waals surface area (Å²) < 4.78 is 0.797. The number of nitro groups is 1. The van der Waals surface area contributed by atoms with Crippen LogP contribution < -0.4 is 5.32 Å². The molecule has 6 nitrogen and oxygen atoms in total. The molecule has 2 aromatic carbocycles. The van der Waals surface area contributed by atoms with Crippen molar-refractivity contribution < 1.29 is 14.8 Å². The molecule has 0 spiro atoms. The fourth-order valence-corrected chi connectivity index (χ4v) is 2.26. The number of aromatic hydroxyl groups is 1. The molecule has 0 bridgehead atoms. The van der Waals surface area contributed by atoms with Crippen molar-refractivity contribution in [3.63, 3.8) is 0 Å². The lowest BCUT2D eigenvalue weighted by Gasteiger charge is -2.08. The van der Waals surface area contributed by atoms with E-state index in [1.165, 1.54) is 18.2 Å². The molecule has 1 amide bonds. The summed E-state index contributed by atoms with van der Waals surface area (Å²) in [4.78, 5) is 22.5. The Morgan fingerprint density at radius 1 is 1.29 bits per heavy atom. The maximum absolute atomic E-state index is 12.1. The summed E-state index contributed by atoms with van der Waals surface area (Å²) in [5.74, 6) is -0.668. The molecule has 0 fully saturated rings. The van der Waals surface area contributed by atoms with Gasteiger partial charge in [-0.2, -0.15) is 0 Å². The van der Waals surface area contributed by atoms with Gasteiger partial charge in [0.15, 0.2) is 0 Å². The number of hydrogen-bond donors (Lipinski definition) is 2. The molecule has 0 aliphatic carbocycles. The topological polar surface area (TPSA) is 92.5 Å². The molecule has 0 radical (unpaired) electrons. The fraction of sp³-hybridized carbons (Fsp3) is 0.0714. The minimum atomic E-state index is -0.524. The largest absolute Gasteiger partial charge is 0.507 e. The van der Waals surface area contributed by atoms with Crippen molar-refractivity contribution in [1.82, 2.24) is 0 Å². The molecule has 0 heterocycles. The summed E-state index contributed by atoms with van der Waals surface area (Å²) >= 11 is 2.02. The van der Waals surface area contributed by atoms with E-state index in [0.29, 0.717) is 11.3 Å². The van der Waals surface area contributed by atoms with E-state index in [4.69, 9.17) is 0 Å². The number of benzene rings is 2. The average Bonchev–Trinajstić information content (AvgIpc) is 2.43. The Bertz CT molecular complexity index is 731. The number of amides is 1. The van der Waals surface area contributed by atoms with Gasteiger partial charge < -0.3 is 10.4 Å². The summed E-state index contributed by atoms with van der Waals surface area (Å²) in [6.07, 6.45) is 0. The molecule has 0 saturated heterocycles. The third-order valence-electron chi connectivity index (χ3n) is 2.87. The number of halogens is 1. The number of phenolic OH excluding ortho intramolecular Hbond substituents is 1. The minimum absolute atomic E-state index is 0.0698. The molecule has 0 atom stereocenters. The van der Waals surface area contributed by atoms with Crippen LogP contribution in [0.1, 0.15) is 15.9 Å². The molecule has 0 aliphatic heterocycles. The zero-order chi connectivity index (χ0) is 15.6. The predicted molar refractivity (Wildman–Crippen MR) is 86.6 cm³/mol. The first kappa shape index (κ1) is 15.2. The van der Waals surface area contributed by atoms with E-state index in [1.54, 1.807) is 25.1 Å². The molecular formula is C14H11IN2O4. The Hall–Kier alpha value is -2.16. The van der Waals surface area contributed by atoms with Gasteiger partial charge in [0.25, 0.3) is 11.6 Å². The van der Waals surface area contributed by atoms with E-state index >= 15 is 0 Å². The summed E-state index contributed by atoms with van der Waals surface area (Å²) in [6.45, 7) is 1.62. The van der Waals surface area contributed by atoms with Crippen LogP contribution in [0.3, 0.4) is 0 Å². The highest BCUT2D eigenvalue weighted by atomic mass is 127. The van der Waals surface area contributed by atoms with Crippen molar-refractivity contribution in [2.24, 2.45) is 0 Å². The van der Waals surface area contributed by atoms with Gasteiger partial charge in [-0.05, 0) is 53.8 Å². The number of nitro benzene ring substituents is 1. The second-order valence-corrected chi connectivity index (χ2v) is 5.62. The van der Waals surface area contributed by atoms with Crippen LogP contribution in [-0.2, 0) is 0 Å². The number of nitrogens with one attached hydrogen (secondary N) is 1. The molecule has 7 heteroatoms. The third kappa shape index (κ3) is 3.48. The Kier molecular flexibility index (Phi) is 4.41. The van der Waals surface area contributed by atoms with Crippen LogP contribution in [-0.4, -0.2) is 15.9 Å². The predicted octanol–water partition coefficient (Wildman–Crippen LogP) is 3.47. The highest BCUT2D eigenvalue weighted by Gasteiger charge is 2.15. The van der Waals surface area contributed by atoms with Crippen LogP contribution in [0.15, 0.2) is 36.4 Å². The highest BCUT2D eigenvalue weighted by molar-refractivity contribution is 14.1. The van der Waals surface area contributed by atoms with Crippen molar-refractivity contribution in [3.05, 3.63) is 61.2 Å². The fourth-order valence-electron chi connectivity index (χ4n) is 1.77. The van der Waals surface area contributed by atoms with Crippen LogP contribution in [0.2, 0.25) is 0 Å². The van der Waals surface area contributed by atoms with Crippen LogP contribution in [0.5, 0.6) is 5.75 Å². The second-order valence-electron chi connectivity index (χ2n) is 4.37. The molecule has 21 heavy (non-hydrogen) atoms. The van der Waals surface area contributed by atoms with Gasteiger partial charge in [-0.15, -0.1) is 0 Å². The number of nitrogens with zero attached hydrogens (tertiary/aromatic N) is 1. The summed E-state index contributed by atoms with van der Waals surface area (Å²) in [5, 5.41) is 23.1. The van der Waals surface area contributed by atoms with Crippen LogP contribution in [0.25, 0.3) is 0 Å². The zero-order valence-corrected chi connectivity index (χ0v) is 13.1. The van der Waals surface area contributed by atoms with Gasteiger partial charge in [-0.25, -0.2) is 0 Å². The molecular weight excluding hydrogens is 387 g/mol. The lowest BCUT2D eigenvalue weighted by atomic mass is 10.1. The molecule has 0 unspecified atom stereocenters. The van der Waals surface area contributed by atoms with Gasteiger partial charge in [0.05, 0.1) is 10.5 Å². The Balaban J connectivity index is 2.29. The van der Waals surface area contributed by atoms with Crippen LogP contribution >= 0.6 is 22.6 Å². The van der Waals surface area contributed by atoms with Crippen molar-refractivity contribution in [3.8, 4) is 5.75 Å². The van der Waals surface area contributed by atoms with E-state index in [2.05, 4.69) is 5.32 Å². The number of hydrogen-bond acceptors (Lipinski definition) is 4. The van der Waals surface area contributed by atoms with Gasteiger partial charge >= 0.3 is 0 Å². The Morgan fingerprint density at radius 2 is 2.00 bits per heavy atom. The second kappa shape index (κ2) is 6.08. The minimum Gasteiger partial charge on any atom is -0.507 e. The van der Waals surface area contributed by atoms with Crippen LogP contribution in [0.4, 0.5) is 11.4 Å². The molecule has 2 rings (SSSR count). The maximum Gasteiger partial charge on any atom is 0.274 e. The molecule has 0 saturated carbocycles. The van der Waals surface area contributed by atoms with Crippen molar-refractivity contribution in [2.45, 2.75) is 6.92 Å². The smallest absolute Gasteiger partial charge is 0.274 e. The number of aryl methyl sites for hydroxylation is 1. The Labute approximate surface area is 134 Å². The third-order valence-corrected chi connectivity index (χ3v) is 3.54. The number of rotatable bonds is 3. The quantitative estimate of drug-likeness (QED) is 0.471. The highest BCUT2D eigenvalue weighted by Crippen LogP contribution is 2.24. The van der Waals surface area contributed by atoms with Gasteiger partial charge in [-0.3, -0.25) is 14.9 Å². The maximum atomic E-state index is 12.1. The van der Waals surface area contributed by atoms with Crippen molar-refractivity contribution in [1.29, 1.82) is 0 Å². The first-order chi connectivity index (χ1) is 9.88. The summed E-state index contributed by atoms with van der Waals surface area (Å²) in [5.41, 5.74) is 0.857. The standard InChI is InChI=1S/C14H11IN2O4/c1-8-2-4-10(7-12(8)17(20)21)16-14(19)11-6-9(15)3-5-13(11)18/h2-7,18H,1H3,(H,16,19).